The molecule has 1 N–H and O–H groups in total. The lowest BCUT2D eigenvalue weighted by Crippen LogP contribution is -2.51. The predicted octanol–water partition coefficient (Wildman–Crippen LogP) is 1.85. The van der Waals surface area contributed by atoms with E-state index < -0.39 is 0 Å². The molecule has 0 unspecified atom stereocenters. The molecule has 0 atom stereocenters. The van der Waals surface area contributed by atoms with Gasteiger partial charge in [-0.2, -0.15) is 0 Å². The van der Waals surface area contributed by atoms with E-state index in [2.05, 4.69) is 17.4 Å². The Morgan fingerprint density at radius 1 is 0.917 bits per heavy atom. The van der Waals surface area contributed by atoms with E-state index in [-0.39, 0.29) is 11.6 Å². The quantitative estimate of drug-likeness (QED) is 0.915. The van der Waals surface area contributed by atoms with E-state index in [4.69, 9.17) is 0 Å². The molecule has 2 aromatic carbocycles. The van der Waals surface area contributed by atoms with Crippen molar-refractivity contribution >= 4 is 22.3 Å². The van der Waals surface area contributed by atoms with E-state index in [1.165, 1.54) is 6.08 Å². The number of rotatable bonds is 2. The zero-order valence-electron chi connectivity index (χ0n) is 13.6. The molecule has 0 bridgehead atoms. The molecule has 2 aliphatic rings. The summed E-state index contributed by atoms with van der Waals surface area (Å²) in [6.07, 6.45) is 1.43. The first-order valence-electron chi connectivity index (χ1n) is 8.15. The molecule has 0 aromatic heterocycles. The highest BCUT2D eigenvalue weighted by Gasteiger charge is 2.27. The van der Waals surface area contributed by atoms with Gasteiger partial charge in [-0.25, -0.2) is 5.01 Å². The number of carbonyl (C=O) groups is 2. The molecule has 24 heavy (non-hydrogen) atoms. The normalized spacial score (nSPS) is 19.3. The summed E-state index contributed by atoms with van der Waals surface area (Å²) in [7, 11) is 2.08. The lowest BCUT2D eigenvalue weighted by atomic mass is 9.90. The minimum atomic E-state index is -0.119. The van der Waals surface area contributed by atoms with E-state index in [1.54, 1.807) is 0 Å². The number of benzene rings is 2. The van der Waals surface area contributed by atoms with E-state index >= 15 is 0 Å². The van der Waals surface area contributed by atoms with Crippen molar-refractivity contribution in [2.75, 3.05) is 33.2 Å². The minimum absolute atomic E-state index is 0.116. The Bertz CT molecular complexity index is 864. The van der Waals surface area contributed by atoms with Crippen LogP contribution in [0.1, 0.15) is 20.7 Å². The van der Waals surface area contributed by atoms with Crippen LogP contribution in [0.25, 0.3) is 10.8 Å². The molecule has 0 spiro atoms. The smallest absolute Gasteiger partial charge is 0.211 e. The van der Waals surface area contributed by atoms with Crippen LogP contribution in [-0.4, -0.2) is 54.7 Å². The number of hydrazine groups is 1. The Hall–Kier alpha value is -2.50. The maximum Gasteiger partial charge on any atom is 0.211 e. The molecule has 1 aliphatic heterocycles. The molecule has 2 aromatic rings. The molecule has 0 amide bonds. The number of hydrogen-bond acceptors (Lipinski definition) is 5. The van der Waals surface area contributed by atoms with Crippen molar-refractivity contribution in [1.82, 2.24) is 15.3 Å². The second-order valence-corrected chi connectivity index (χ2v) is 6.40. The number of carbonyl (C=O) groups excluding carboxylic acids is 2. The van der Waals surface area contributed by atoms with E-state index in [0.29, 0.717) is 16.8 Å². The molecule has 1 saturated heterocycles. The fraction of sp³-hybridized carbons (Fsp3) is 0.263. The molecule has 1 heterocycles. The van der Waals surface area contributed by atoms with Gasteiger partial charge < -0.3 is 10.3 Å². The number of likely N-dealkylation sites (N-methyl/N-ethyl adjacent to an activating group) is 1. The topological polar surface area (TPSA) is 52.6 Å². The van der Waals surface area contributed by atoms with E-state index in [1.807, 2.05) is 41.4 Å². The highest BCUT2D eigenvalue weighted by molar-refractivity contribution is 6.25. The van der Waals surface area contributed by atoms with Gasteiger partial charge in [0.05, 0.1) is 0 Å². The Balaban J connectivity index is 1.65. The fourth-order valence-electron chi connectivity index (χ4n) is 3.22. The number of Topliss-reactive ketones (excluding diaryl/α,β-unsaturated/α-hetero) is 1. The van der Waals surface area contributed by atoms with Gasteiger partial charge in [0.1, 0.15) is 5.70 Å². The maximum absolute atomic E-state index is 12.8. The van der Waals surface area contributed by atoms with Crippen molar-refractivity contribution in [3.05, 3.63) is 59.3 Å². The fourth-order valence-corrected chi connectivity index (χ4v) is 3.22. The minimum Gasteiger partial charge on any atom is -0.315 e. The summed E-state index contributed by atoms with van der Waals surface area (Å²) in [5, 5.41) is 3.95. The van der Waals surface area contributed by atoms with Crippen LogP contribution in [0.3, 0.4) is 0 Å². The molecular formula is C19H19N3O2. The second-order valence-electron chi connectivity index (χ2n) is 6.40. The molecule has 0 saturated carbocycles. The molecular weight excluding hydrogens is 302 g/mol. The van der Waals surface area contributed by atoms with Crippen molar-refractivity contribution in [3.63, 3.8) is 0 Å². The van der Waals surface area contributed by atoms with Gasteiger partial charge in [0.15, 0.2) is 5.78 Å². The number of hydrogen-bond donors (Lipinski definition) is 1. The van der Waals surface area contributed by atoms with Crippen molar-refractivity contribution in [2.45, 2.75) is 0 Å². The van der Waals surface area contributed by atoms with Crippen molar-refractivity contribution in [1.29, 1.82) is 0 Å². The van der Waals surface area contributed by atoms with Crippen molar-refractivity contribution in [3.8, 4) is 0 Å². The first kappa shape index (κ1) is 15.1. The third-order valence-corrected chi connectivity index (χ3v) is 4.70. The predicted molar refractivity (Wildman–Crippen MR) is 92.9 cm³/mol. The highest BCUT2D eigenvalue weighted by Crippen LogP contribution is 2.26. The standard InChI is InChI=1S/C19H19N3O2/c1-21-6-8-22(9-7-21)20-17-12-18(23)15-10-13-4-2-3-5-14(13)11-16(15)19(17)24/h2-5,10-12,20H,6-9H2,1H3. The Morgan fingerprint density at radius 2 is 1.54 bits per heavy atom. The van der Waals surface area contributed by atoms with E-state index in [0.717, 1.165) is 37.0 Å². The Kier molecular flexibility index (Phi) is 3.67. The van der Waals surface area contributed by atoms with Gasteiger partial charge in [-0.1, -0.05) is 24.3 Å². The average molecular weight is 321 g/mol. The van der Waals surface area contributed by atoms with Gasteiger partial charge in [0.2, 0.25) is 5.78 Å². The highest BCUT2D eigenvalue weighted by atomic mass is 16.1. The summed E-state index contributed by atoms with van der Waals surface area (Å²) in [6.45, 7) is 3.51. The number of piperazine rings is 1. The van der Waals surface area contributed by atoms with Gasteiger partial charge in [0, 0.05) is 43.4 Å². The number of nitrogens with one attached hydrogen (secondary N) is 1. The summed E-state index contributed by atoms with van der Waals surface area (Å²) in [5.74, 6) is -0.235. The van der Waals surface area contributed by atoms with Gasteiger partial charge in [-0.3, -0.25) is 9.59 Å². The largest absolute Gasteiger partial charge is 0.315 e. The summed E-state index contributed by atoms with van der Waals surface area (Å²) < 4.78 is 0. The maximum atomic E-state index is 12.8. The van der Waals surface area contributed by atoms with Gasteiger partial charge in [0.25, 0.3) is 0 Å². The van der Waals surface area contributed by atoms with Crippen LogP contribution in [0.2, 0.25) is 0 Å². The molecule has 4 rings (SSSR count). The Labute approximate surface area is 140 Å². The zero-order valence-corrected chi connectivity index (χ0v) is 13.6. The zero-order chi connectivity index (χ0) is 16.7. The SMILES string of the molecule is CN1CCN(NC2=CC(=O)c3cc4ccccc4cc3C2=O)CC1. The van der Waals surface area contributed by atoms with Crippen LogP contribution >= 0.6 is 0 Å². The van der Waals surface area contributed by atoms with Crippen LogP contribution in [0.4, 0.5) is 0 Å². The molecule has 1 aliphatic carbocycles. The van der Waals surface area contributed by atoms with E-state index in [9.17, 15) is 9.59 Å². The summed E-state index contributed by atoms with van der Waals surface area (Å²) in [6, 6.07) is 11.4. The number of fused-ring (bicyclic) bond motifs is 2. The summed E-state index contributed by atoms with van der Waals surface area (Å²) in [5.41, 5.74) is 4.49. The number of nitrogens with zero attached hydrogens (tertiary/aromatic N) is 2. The van der Waals surface area contributed by atoms with Gasteiger partial charge in [-0.15, -0.1) is 0 Å². The summed E-state index contributed by atoms with van der Waals surface area (Å²) >= 11 is 0. The molecule has 5 nitrogen and oxygen atoms in total. The first-order chi connectivity index (χ1) is 11.6. The molecule has 122 valence electrons. The van der Waals surface area contributed by atoms with Crippen molar-refractivity contribution in [2.24, 2.45) is 0 Å². The number of ketones is 2. The number of allylic oxidation sites excluding steroid dienone is 2. The van der Waals surface area contributed by atoms with Crippen LogP contribution in [0.15, 0.2) is 48.2 Å². The lowest BCUT2D eigenvalue weighted by molar-refractivity contribution is 0.0901. The second kappa shape index (κ2) is 5.85. The molecule has 5 heteroatoms. The Morgan fingerprint density at radius 3 is 2.21 bits per heavy atom. The molecule has 1 fully saturated rings. The van der Waals surface area contributed by atoms with Crippen LogP contribution < -0.4 is 5.43 Å². The van der Waals surface area contributed by atoms with Gasteiger partial charge >= 0.3 is 0 Å². The summed E-state index contributed by atoms with van der Waals surface area (Å²) in [4.78, 5) is 27.5. The monoisotopic (exact) mass is 321 g/mol. The van der Waals surface area contributed by atoms with Crippen LogP contribution in [-0.2, 0) is 0 Å². The third-order valence-electron chi connectivity index (χ3n) is 4.70. The van der Waals surface area contributed by atoms with Crippen LogP contribution in [0.5, 0.6) is 0 Å². The third kappa shape index (κ3) is 2.62. The average Bonchev–Trinajstić information content (AvgIpc) is 2.60. The van der Waals surface area contributed by atoms with Gasteiger partial charge in [-0.05, 0) is 30.0 Å². The molecule has 0 radical (unpaired) electrons. The van der Waals surface area contributed by atoms with Crippen molar-refractivity contribution < 1.29 is 9.59 Å². The first-order valence-corrected chi connectivity index (χ1v) is 8.15. The van der Waals surface area contributed by atoms with Crippen LogP contribution in [0, 0.1) is 0 Å². The lowest BCUT2D eigenvalue weighted by Gasteiger charge is -2.34.